The minimum atomic E-state index is -4.08. The molecular weight excluding hydrogens is 245 g/mol. The van der Waals surface area contributed by atoms with Gasteiger partial charge in [-0.1, -0.05) is 0 Å². The fourth-order valence-electron chi connectivity index (χ4n) is 2.26. The van der Waals surface area contributed by atoms with Gasteiger partial charge in [0.1, 0.15) is 0 Å². The molecule has 3 nitrogen and oxygen atoms in total. The van der Waals surface area contributed by atoms with Gasteiger partial charge in [0.2, 0.25) is 0 Å². The molecule has 1 atom stereocenters. The van der Waals surface area contributed by atoms with Crippen molar-refractivity contribution in [2.45, 2.75) is 44.9 Å². The van der Waals surface area contributed by atoms with Gasteiger partial charge in [-0.05, 0) is 39.8 Å². The van der Waals surface area contributed by atoms with Crippen molar-refractivity contribution in [2.75, 3.05) is 32.8 Å². The van der Waals surface area contributed by atoms with Crippen molar-refractivity contribution < 1.29 is 17.9 Å². The molecule has 0 spiro atoms. The van der Waals surface area contributed by atoms with E-state index in [0.717, 1.165) is 12.8 Å². The zero-order chi connectivity index (χ0) is 13.6. The van der Waals surface area contributed by atoms with Crippen LogP contribution in [-0.4, -0.2) is 56.0 Å². The fourth-order valence-corrected chi connectivity index (χ4v) is 2.26. The first kappa shape index (κ1) is 15.7. The lowest BCUT2D eigenvalue weighted by Gasteiger charge is -2.34. The number of alkyl halides is 3. The highest BCUT2D eigenvalue weighted by atomic mass is 19.4. The fraction of sp³-hybridized carbons (Fsp3) is 1.00. The molecule has 1 aliphatic heterocycles. The van der Waals surface area contributed by atoms with Gasteiger partial charge in [-0.3, -0.25) is 4.90 Å². The van der Waals surface area contributed by atoms with Gasteiger partial charge in [0.15, 0.2) is 0 Å². The van der Waals surface area contributed by atoms with E-state index in [4.69, 9.17) is 4.74 Å². The van der Waals surface area contributed by atoms with Crippen LogP contribution in [0.2, 0.25) is 0 Å². The Bertz CT molecular complexity index is 228. The van der Waals surface area contributed by atoms with E-state index in [1.807, 2.05) is 13.8 Å². The van der Waals surface area contributed by atoms with Crippen LogP contribution in [-0.2, 0) is 4.74 Å². The topological polar surface area (TPSA) is 24.5 Å². The summed E-state index contributed by atoms with van der Waals surface area (Å²) in [6, 6.07) is 0.564. The average molecular weight is 268 g/mol. The zero-order valence-corrected chi connectivity index (χ0v) is 11.1. The lowest BCUT2D eigenvalue weighted by Crippen LogP contribution is -2.48. The minimum Gasteiger partial charge on any atom is -0.380 e. The summed E-state index contributed by atoms with van der Waals surface area (Å²) < 4.78 is 41.9. The smallest absolute Gasteiger partial charge is 0.380 e. The normalized spacial score (nSPS) is 21.2. The highest BCUT2D eigenvalue weighted by molar-refractivity contribution is 4.80. The Labute approximate surface area is 107 Å². The van der Waals surface area contributed by atoms with E-state index in [0.29, 0.717) is 32.3 Å². The largest absolute Gasteiger partial charge is 0.401 e. The number of hydrogen-bond acceptors (Lipinski definition) is 3. The third-order valence-electron chi connectivity index (χ3n) is 3.08. The van der Waals surface area contributed by atoms with Gasteiger partial charge >= 0.3 is 6.18 Å². The molecule has 1 fully saturated rings. The summed E-state index contributed by atoms with van der Waals surface area (Å²) in [4.78, 5) is 1.48. The van der Waals surface area contributed by atoms with Crippen molar-refractivity contribution in [1.82, 2.24) is 10.2 Å². The SMILES string of the molecule is CCOCC(C)NC1CCN(CC(F)(F)F)CC1. The minimum absolute atomic E-state index is 0.254. The lowest BCUT2D eigenvalue weighted by atomic mass is 10.0. The quantitative estimate of drug-likeness (QED) is 0.797. The van der Waals surface area contributed by atoms with Crippen molar-refractivity contribution in [1.29, 1.82) is 0 Å². The van der Waals surface area contributed by atoms with E-state index in [-0.39, 0.29) is 6.04 Å². The Hall–Kier alpha value is -0.330. The van der Waals surface area contributed by atoms with E-state index in [2.05, 4.69) is 5.32 Å². The number of rotatable bonds is 6. The summed E-state index contributed by atoms with van der Waals surface area (Å²) in [6.45, 7) is 5.57. The number of nitrogens with one attached hydrogen (secondary N) is 1. The molecule has 1 aliphatic rings. The zero-order valence-electron chi connectivity index (χ0n) is 11.1. The molecule has 0 saturated carbocycles. The molecule has 0 aromatic carbocycles. The second-order valence-electron chi connectivity index (χ2n) is 4.89. The van der Waals surface area contributed by atoms with E-state index >= 15 is 0 Å². The van der Waals surface area contributed by atoms with Gasteiger partial charge in [-0.15, -0.1) is 0 Å². The van der Waals surface area contributed by atoms with E-state index in [1.54, 1.807) is 0 Å². The summed E-state index contributed by atoms with van der Waals surface area (Å²) in [5.74, 6) is 0. The first-order valence-electron chi connectivity index (χ1n) is 6.53. The van der Waals surface area contributed by atoms with Crippen LogP contribution >= 0.6 is 0 Å². The number of halogens is 3. The lowest BCUT2D eigenvalue weighted by molar-refractivity contribution is -0.148. The van der Waals surface area contributed by atoms with Crippen molar-refractivity contribution in [3.63, 3.8) is 0 Å². The maximum atomic E-state index is 12.2. The van der Waals surface area contributed by atoms with Crippen LogP contribution in [0.15, 0.2) is 0 Å². The number of hydrogen-bond donors (Lipinski definition) is 1. The van der Waals surface area contributed by atoms with Gasteiger partial charge < -0.3 is 10.1 Å². The van der Waals surface area contributed by atoms with Gasteiger partial charge in [-0.25, -0.2) is 0 Å². The van der Waals surface area contributed by atoms with Gasteiger partial charge in [0.25, 0.3) is 0 Å². The predicted octanol–water partition coefficient (Wildman–Crippen LogP) is 2.03. The molecule has 108 valence electrons. The van der Waals surface area contributed by atoms with Crippen LogP contribution < -0.4 is 5.32 Å². The van der Waals surface area contributed by atoms with Crippen LogP contribution in [0.5, 0.6) is 0 Å². The third kappa shape index (κ3) is 6.56. The molecule has 1 unspecified atom stereocenters. The Morgan fingerprint density at radius 2 is 1.94 bits per heavy atom. The van der Waals surface area contributed by atoms with Gasteiger partial charge in [0, 0.05) is 18.7 Å². The van der Waals surface area contributed by atoms with Crippen LogP contribution in [0.3, 0.4) is 0 Å². The molecule has 1 saturated heterocycles. The number of nitrogens with zero attached hydrogens (tertiary/aromatic N) is 1. The molecule has 1 rings (SSSR count). The van der Waals surface area contributed by atoms with E-state index < -0.39 is 12.7 Å². The number of ether oxygens (including phenoxy) is 1. The molecule has 0 bridgehead atoms. The second kappa shape index (κ2) is 7.31. The van der Waals surface area contributed by atoms with Crippen LogP contribution in [0.25, 0.3) is 0 Å². The van der Waals surface area contributed by atoms with Crippen molar-refractivity contribution in [3.8, 4) is 0 Å². The van der Waals surface area contributed by atoms with Crippen LogP contribution in [0.1, 0.15) is 26.7 Å². The van der Waals surface area contributed by atoms with Crippen molar-refractivity contribution in [2.24, 2.45) is 0 Å². The molecule has 0 aromatic heterocycles. The van der Waals surface area contributed by atoms with Gasteiger partial charge in [0.05, 0.1) is 13.2 Å². The highest BCUT2D eigenvalue weighted by Crippen LogP contribution is 2.19. The Morgan fingerprint density at radius 1 is 1.33 bits per heavy atom. The van der Waals surface area contributed by atoms with Crippen LogP contribution in [0.4, 0.5) is 13.2 Å². The average Bonchev–Trinajstić information content (AvgIpc) is 2.27. The summed E-state index contributed by atoms with van der Waals surface area (Å²) in [5, 5.41) is 3.40. The van der Waals surface area contributed by atoms with Gasteiger partial charge in [-0.2, -0.15) is 13.2 Å². The number of likely N-dealkylation sites (tertiary alicyclic amines) is 1. The molecule has 18 heavy (non-hydrogen) atoms. The standard InChI is InChI=1S/C12H23F3N2O/c1-3-18-8-10(2)16-11-4-6-17(7-5-11)9-12(13,14)15/h10-11,16H,3-9H2,1-2H3. The Morgan fingerprint density at radius 3 is 2.44 bits per heavy atom. The van der Waals surface area contributed by atoms with Crippen LogP contribution in [0, 0.1) is 0 Å². The monoisotopic (exact) mass is 268 g/mol. The maximum Gasteiger partial charge on any atom is 0.401 e. The summed E-state index contributed by atoms with van der Waals surface area (Å²) in [6.07, 6.45) is -2.54. The van der Waals surface area contributed by atoms with E-state index in [9.17, 15) is 13.2 Å². The first-order valence-corrected chi connectivity index (χ1v) is 6.53. The predicted molar refractivity (Wildman–Crippen MR) is 64.6 cm³/mol. The molecule has 1 N–H and O–H groups in total. The molecule has 0 aromatic rings. The maximum absolute atomic E-state index is 12.2. The summed E-state index contributed by atoms with van der Waals surface area (Å²) in [7, 11) is 0. The molecular formula is C12H23F3N2O. The number of piperidine rings is 1. The second-order valence-corrected chi connectivity index (χ2v) is 4.89. The molecule has 0 aliphatic carbocycles. The van der Waals surface area contributed by atoms with E-state index in [1.165, 1.54) is 4.90 Å². The summed E-state index contributed by atoms with van der Waals surface area (Å²) in [5.41, 5.74) is 0. The molecule has 1 heterocycles. The molecule has 0 amide bonds. The molecule has 0 radical (unpaired) electrons. The van der Waals surface area contributed by atoms with Crippen molar-refractivity contribution in [3.05, 3.63) is 0 Å². The molecule has 6 heteroatoms. The first-order chi connectivity index (χ1) is 8.40. The third-order valence-corrected chi connectivity index (χ3v) is 3.08. The highest BCUT2D eigenvalue weighted by Gasteiger charge is 2.32. The Balaban J connectivity index is 2.19. The summed E-state index contributed by atoms with van der Waals surface area (Å²) >= 11 is 0. The Kier molecular flexibility index (Phi) is 6.38. The van der Waals surface area contributed by atoms with Crippen molar-refractivity contribution >= 4 is 0 Å².